The molecule has 2 saturated heterocycles. The summed E-state index contributed by atoms with van der Waals surface area (Å²) >= 11 is 0. The second-order valence-electron chi connectivity index (χ2n) is 10.9. The van der Waals surface area contributed by atoms with Gasteiger partial charge >= 0.3 is 6.03 Å². The number of carbonyl (C=O) groups is 2. The van der Waals surface area contributed by atoms with Gasteiger partial charge in [-0.05, 0) is 68.3 Å². The molecule has 9 nitrogen and oxygen atoms in total. The first-order valence-electron chi connectivity index (χ1n) is 13.6. The Bertz CT molecular complexity index is 1150. The minimum absolute atomic E-state index is 0.0565. The first-order chi connectivity index (χ1) is 18.3. The van der Waals surface area contributed by atoms with Crippen LogP contribution in [0.5, 0.6) is 5.75 Å². The molecule has 38 heavy (non-hydrogen) atoms. The van der Waals surface area contributed by atoms with Crippen LogP contribution in [0.1, 0.15) is 17.5 Å². The summed E-state index contributed by atoms with van der Waals surface area (Å²) in [4.78, 5) is 35.9. The zero-order valence-corrected chi connectivity index (χ0v) is 23.1. The maximum atomic E-state index is 13.2. The number of piperazine rings is 2. The van der Waals surface area contributed by atoms with Gasteiger partial charge in [-0.2, -0.15) is 0 Å². The Hall–Kier alpha value is -3.46. The van der Waals surface area contributed by atoms with Gasteiger partial charge in [0.2, 0.25) is 0 Å². The van der Waals surface area contributed by atoms with Crippen LogP contribution in [0, 0.1) is 6.92 Å². The smallest absolute Gasteiger partial charge is 0.319 e. The molecule has 2 fully saturated rings. The topological polar surface area (TPSA) is 71.6 Å². The summed E-state index contributed by atoms with van der Waals surface area (Å²) in [6, 6.07) is 12.4. The van der Waals surface area contributed by atoms with Gasteiger partial charge in [0.1, 0.15) is 5.75 Å². The van der Waals surface area contributed by atoms with Gasteiger partial charge in [0.15, 0.2) is 6.10 Å². The lowest BCUT2D eigenvalue weighted by atomic mass is 9.98. The molecule has 2 aromatic carbocycles. The van der Waals surface area contributed by atoms with Crippen molar-refractivity contribution in [1.82, 2.24) is 14.7 Å². The summed E-state index contributed by atoms with van der Waals surface area (Å²) in [6.45, 7) is 9.06. The number of urea groups is 1. The molecule has 0 aliphatic carbocycles. The minimum atomic E-state index is -0.515. The second-order valence-corrected chi connectivity index (χ2v) is 10.9. The lowest BCUT2D eigenvalue weighted by Gasteiger charge is -2.37. The summed E-state index contributed by atoms with van der Waals surface area (Å²) in [5.41, 5.74) is 5.39. The van der Waals surface area contributed by atoms with E-state index in [0.717, 1.165) is 68.5 Å². The van der Waals surface area contributed by atoms with Crippen LogP contribution in [0.25, 0.3) is 0 Å². The lowest BCUT2D eigenvalue weighted by Crippen LogP contribution is -2.51. The highest BCUT2D eigenvalue weighted by molar-refractivity contribution is 5.95. The number of carbonyl (C=O) groups excluding carboxylic acids is 2. The van der Waals surface area contributed by atoms with E-state index < -0.39 is 6.10 Å². The Morgan fingerprint density at radius 2 is 1.58 bits per heavy atom. The molecule has 3 amide bonds. The molecular weight excluding hydrogens is 480 g/mol. The van der Waals surface area contributed by atoms with Crippen LogP contribution in [0.3, 0.4) is 0 Å². The predicted molar refractivity (Wildman–Crippen MR) is 152 cm³/mol. The number of nitrogens with zero attached hydrogens (tertiary/aromatic N) is 5. The van der Waals surface area contributed by atoms with Gasteiger partial charge in [0, 0.05) is 77.8 Å². The third-order valence-electron chi connectivity index (χ3n) is 7.80. The van der Waals surface area contributed by atoms with Gasteiger partial charge in [-0.3, -0.25) is 4.79 Å². The van der Waals surface area contributed by atoms with E-state index in [9.17, 15) is 9.59 Å². The van der Waals surface area contributed by atoms with E-state index >= 15 is 0 Å². The molecular formula is C29H40N6O3. The molecule has 1 unspecified atom stereocenters. The zero-order chi connectivity index (χ0) is 26.8. The number of fused-ring (bicyclic) bond motifs is 1. The average Bonchev–Trinajstić information content (AvgIpc) is 2.93. The average molecular weight is 521 g/mol. The Labute approximate surface area is 225 Å². The first-order valence-corrected chi connectivity index (χ1v) is 13.6. The second kappa shape index (κ2) is 11.1. The number of rotatable bonds is 4. The molecule has 1 N–H and O–H groups in total. The van der Waals surface area contributed by atoms with Gasteiger partial charge < -0.3 is 34.6 Å². The SMILES string of the molecule is Cc1cc2c(c(N3CCN(C)CC3)c1)OC(C(=O)Nc1ccc(N3CCN(C(=O)N(C)C)CC3)cc1)CC2. The number of nitrogens with one attached hydrogen (secondary N) is 1. The van der Waals surface area contributed by atoms with Crippen molar-refractivity contribution in [3.63, 3.8) is 0 Å². The zero-order valence-electron chi connectivity index (χ0n) is 23.1. The molecule has 2 aromatic rings. The molecule has 0 radical (unpaired) electrons. The Morgan fingerprint density at radius 3 is 2.24 bits per heavy atom. The van der Waals surface area contributed by atoms with E-state index in [1.807, 2.05) is 29.2 Å². The van der Waals surface area contributed by atoms with Crippen molar-refractivity contribution in [2.75, 3.05) is 88.6 Å². The summed E-state index contributed by atoms with van der Waals surface area (Å²) < 4.78 is 6.39. The van der Waals surface area contributed by atoms with Crippen molar-refractivity contribution in [1.29, 1.82) is 0 Å². The largest absolute Gasteiger partial charge is 0.478 e. The van der Waals surface area contributed by atoms with Crippen molar-refractivity contribution in [2.45, 2.75) is 25.9 Å². The van der Waals surface area contributed by atoms with E-state index in [1.165, 1.54) is 11.1 Å². The maximum Gasteiger partial charge on any atom is 0.319 e. The number of hydrogen-bond acceptors (Lipinski definition) is 6. The van der Waals surface area contributed by atoms with Crippen molar-refractivity contribution < 1.29 is 14.3 Å². The van der Waals surface area contributed by atoms with Crippen LogP contribution in [-0.2, 0) is 11.2 Å². The summed E-state index contributed by atoms with van der Waals surface area (Å²) in [5, 5.41) is 3.06. The van der Waals surface area contributed by atoms with E-state index in [-0.39, 0.29) is 11.9 Å². The quantitative estimate of drug-likeness (QED) is 0.669. The number of ether oxygens (including phenoxy) is 1. The van der Waals surface area contributed by atoms with Gasteiger partial charge in [-0.15, -0.1) is 0 Å². The summed E-state index contributed by atoms with van der Waals surface area (Å²) in [6.07, 6.45) is 0.980. The number of aryl methyl sites for hydroxylation is 2. The molecule has 5 rings (SSSR count). The van der Waals surface area contributed by atoms with Crippen LogP contribution in [0.15, 0.2) is 36.4 Å². The maximum absolute atomic E-state index is 13.2. The van der Waals surface area contributed by atoms with Crippen molar-refractivity contribution in [2.24, 2.45) is 0 Å². The molecule has 3 aliphatic heterocycles. The van der Waals surface area contributed by atoms with Crippen LogP contribution in [0.4, 0.5) is 21.9 Å². The Balaban J connectivity index is 1.20. The highest BCUT2D eigenvalue weighted by atomic mass is 16.5. The molecule has 0 saturated carbocycles. The van der Waals surface area contributed by atoms with E-state index in [1.54, 1.807) is 19.0 Å². The van der Waals surface area contributed by atoms with Crippen LogP contribution in [-0.4, -0.2) is 106 Å². The fraction of sp³-hybridized carbons (Fsp3) is 0.517. The van der Waals surface area contributed by atoms with Gasteiger partial charge in [-0.25, -0.2) is 4.79 Å². The van der Waals surface area contributed by atoms with Gasteiger partial charge in [0.25, 0.3) is 5.91 Å². The van der Waals surface area contributed by atoms with E-state index in [2.05, 4.69) is 46.1 Å². The molecule has 1 atom stereocenters. The highest BCUT2D eigenvalue weighted by Gasteiger charge is 2.30. The molecule has 3 aliphatic rings. The Morgan fingerprint density at radius 1 is 0.921 bits per heavy atom. The van der Waals surface area contributed by atoms with Crippen molar-refractivity contribution in [3.05, 3.63) is 47.5 Å². The number of benzene rings is 2. The molecule has 3 heterocycles. The molecule has 0 bridgehead atoms. The highest BCUT2D eigenvalue weighted by Crippen LogP contribution is 2.39. The fourth-order valence-corrected chi connectivity index (χ4v) is 5.52. The fourth-order valence-electron chi connectivity index (χ4n) is 5.52. The minimum Gasteiger partial charge on any atom is -0.478 e. The number of hydrogen-bond donors (Lipinski definition) is 1. The van der Waals surface area contributed by atoms with Crippen LogP contribution in [0.2, 0.25) is 0 Å². The third-order valence-corrected chi connectivity index (χ3v) is 7.80. The van der Waals surface area contributed by atoms with Crippen LogP contribution >= 0.6 is 0 Å². The number of amides is 3. The summed E-state index contributed by atoms with van der Waals surface area (Å²) in [7, 11) is 5.72. The van der Waals surface area contributed by atoms with Gasteiger partial charge in [0.05, 0.1) is 5.69 Å². The van der Waals surface area contributed by atoms with E-state index in [0.29, 0.717) is 19.5 Å². The lowest BCUT2D eigenvalue weighted by molar-refractivity contribution is -0.123. The normalized spacial score (nSPS) is 20.0. The third kappa shape index (κ3) is 5.67. The monoisotopic (exact) mass is 520 g/mol. The number of likely N-dealkylation sites (N-methyl/N-ethyl adjacent to an activating group) is 1. The predicted octanol–water partition coefficient (Wildman–Crippen LogP) is 2.88. The van der Waals surface area contributed by atoms with Gasteiger partial charge in [-0.1, -0.05) is 6.07 Å². The van der Waals surface area contributed by atoms with Crippen LogP contribution < -0.4 is 19.9 Å². The molecule has 9 heteroatoms. The van der Waals surface area contributed by atoms with Crippen molar-refractivity contribution >= 4 is 29.0 Å². The number of anilines is 3. The standard InChI is InChI=1S/C29H40N6O3/c1-21-19-22-5-10-26(38-27(22)25(20-21)34-13-11-32(4)12-14-34)28(36)30-23-6-8-24(9-7-23)33-15-17-35(18-16-33)29(37)31(2)3/h6-9,19-20,26H,5,10-18H2,1-4H3,(H,30,36). The Kier molecular flexibility index (Phi) is 7.65. The molecule has 0 aromatic heterocycles. The van der Waals surface area contributed by atoms with E-state index in [4.69, 9.17) is 4.74 Å². The van der Waals surface area contributed by atoms with Crippen molar-refractivity contribution in [3.8, 4) is 5.75 Å². The first kappa shape index (κ1) is 26.2. The molecule has 0 spiro atoms. The molecule has 204 valence electrons. The summed E-state index contributed by atoms with van der Waals surface area (Å²) in [5.74, 6) is 0.762.